The van der Waals surface area contributed by atoms with Crippen LogP contribution >= 0.6 is 37.5 Å². The summed E-state index contributed by atoms with van der Waals surface area (Å²) in [6.07, 6.45) is 0.162. The third kappa shape index (κ3) is 2.48. The zero-order valence-corrected chi connectivity index (χ0v) is 19.9. The molecule has 4 fully saturated rings. The topological polar surface area (TPSA) is 76.2 Å². The summed E-state index contributed by atoms with van der Waals surface area (Å²) in [5.74, 6) is -0.281. The molecule has 10 heteroatoms. The SMILES string of the molecule is COC(=O)[C@@]1(C)CC23SSC(C)(C(=O)N2C1c1cc(Br)ccc1OC)N(C)C3=O. The molecule has 0 aromatic heterocycles. The number of carbonyl (C=O) groups is 3. The number of rotatable bonds is 3. The van der Waals surface area contributed by atoms with Gasteiger partial charge in [0, 0.05) is 23.5 Å². The van der Waals surface area contributed by atoms with E-state index in [9.17, 15) is 14.4 Å². The van der Waals surface area contributed by atoms with Crippen molar-refractivity contribution in [3.05, 3.63) is 28.2 Å². The van der Waals surface area contributed by atoms with E-state index < -0.39 is 27.2 Å². The highest BCUT2D eigenvalue weighted by Gasteiger charge is 2.76. The molecule has 0 saturated carbocycles. The minimum Gasteiger partial charge on any atom is -0.496 e. The molecule has 156 valence electrons. The summed E-state index contributed by atoms with van der Waals surface area (Å²) >= 11 is 3.48. The summed E-state index contributed by atoms with van der Waals surface area (Å²) < 4.78 is 11.5. The van der Waals surface area contributed by atoms with Crippen LogP contribution in [0.1, 0.15) is 31.9 Å². The Morgan fingerprint density at radius 1 is 1.21 bits per heavy atom. The van der Waals surface area contributed by atoms with Gasteiger partial charge in [-0.1, -0.05) is 37.5 Å². The summed E-state index contributed by atoms with van der Waals surface area (Å²) in [4.78, 5) is 41.1. The van der Waals surface area contributed by atoms with Crippen molar-refractivity contribution in [1.29, 1.82) is 0 Å². The fourth-order valence-corrected chi connectivity index (χ4v) is 8.58. The number of fused-ring (bicyclic) bond motifs is 2. The maximum absolute atomic E-state index is 13.7. The summed E-state index contributed by atoms with van der Waals surface area (Å²) in [5.41, 5.74) is -0.463. The number of methoxy groups -OCH3 is 2. The van der Waals surface area contributed by atoms with E-state index in [2.05, 4.69) is 15.9 Å². The number of nitrogens with zero attached hydrogens (tertiary/aromatic N) is 2. The van der Waals surface area contributed by atoms with Crippen LogP contribution in [0.4, 0.5) is 0 Å². The fourth-order valence-electron chi connectivity index (χ4n) is 4.62. The Hall–Kier alpha value is -1.39. The lowest BCUT2D eigenvalue weighted by atomic mass is 9.78. The first-order valence-electron chi connectivity index (χ1n) is 8.97. The maximum atomic E-state index is 13.7. The molecule has 5 rings (SSSR count). The van der Waals surface area contributed by atoms with Crippen LogP contribution in [-0.4, -0.2) is 58.6 Å². The average molecular weight is 501 g/mol. The molecular formula is C19H21BrN2O5S2. The van der Waals surface area contributed by atoms with Crippen molar-refractivity contribution in [1.82, 2.24) is 9.80 Å². The molecule has 0 aliphatic carbocycles. The zero-order valence-electron chi connectivity index (χ0n) is 16.6. The van der Waals surface area contributed by atoms with Crippen molar-refractivity contribution in [2.24, 2.45) is 5.41 Å². The number of benzene rings is 1. The molecule has 2 amide bonds. The van der Waals surface area contributed by atoms with Crippen LogP contribution in [0.25, 0.3) is 0 Å². The number of amides is 2. The molecule has 1 spiro atoms. The minimum absolute atomic E-state index is 0.162. The van der Waals surface area contributed by atoms with Crippen LogP contribution in [0, 0.1) is 5.41 Å². The first-order chi connectivity index (χ1) is 13.6. The summed E-state index contributed by atoms with van der Waals surface area (Å²) in [6, 6.07) is 4.75. The Morgan fingerprint density at radius 2 is 1.90 bits per heavy atom. The fraction of sp³-hybridized carbons (Fsp3) is 0.526. The van der Waals surface area contributed by atoms with E-state index >= 15 is 0 Å². The highest BCUT2D eigenvalue weighted by molar-refractivity contribution is 9.10. The van der Waals surface area contributed by atoms with Gasteiger partial charge in [0.25, 0.3) is 11.8 Å². The van der Waals surface area contributed by atoms with E-state index in [1.54, 1.807) is 39.0 Å². The first-order valence-corrected chi connectivity index (χ1v) is 11.9. The number of hydrogen-bond acceptors (Lipinski definition) is 7. The number of likely N-dealkylation sites (N-methyl/N-ethyl adjacent to an activating group) is 1. The van der Waals surface area contributed by atoms with Gasteiger partial charge in [-0.25, -0.2) is 0 Å². The second kappa shape index (κ2) is 6.55. The number of ether oxygens (including phenoxy) is 2. The van der Waals surface area contributed by atoms with Gasteiger partial charge in [0.15, 0.2) is 9.74 Å². The van der Waals surface area contributed by atoms with Crippen LogP contribution in [0.15, 0.2) is 22.7 Å². The maximum Gasteiger partial charge on any atom is 0.314 e. The van der Waals surface area contributed by atoms with Crippen LogP contribution in [0.2, 0.25) is 0 Å². The standard InChI is InChI=1S/C19H21BrN2O5S2/c1-17(16(25)27-5)9-19-15(24)21(3)18(2,28-29-19)14(23)22(19)13(17)11-8-10(20)6-7-12(11)26-4/h6-8,13H,9H2,1-5H3/t13?,17-,18?,19?/m0/s1. The predicted octanol–water partition coefficient (Wildman–Crippen LogP) is 3.19. The molecule has 7 nitrogen and oxygen atoms in total. The molecule has 4 atom stereocenters. The van der Waals surface area contributed by atoms with Crippen LogP contribution < -0.4 is 4.74 Å². The lowest BCUT2D eigenvalue weighted by Crippen LogP contribution is -2.73. The van der Waals surface area contributed by atoms with Gasteiger partial charge < -0.3 is 19.3 Å². The molecule has 1 aromatic rings. The summed E-state index contributed by atoms with van der Waals surface area (Å²) in [7, 11) is 7.25. The van der Waals surface area contributed by atoms with E-state index in [-0.39, 0.29) is 18.2 Å². The number of carbonyl (C=O) groups excluding carboxylic acids is 3. The molecule has 4 aliphatic rings. The van der Waals surface area contributed by atoms with Crippen molar-refractivity contribution in [3.8, 4) is 5.75 Å². The van der Waals surface area contributed by atoms with Crippen molar-refractivity contribution in [3.63, 3.8) is 0 Å². The van der Waals surface area contributed by atoms with Crippen molar-refractivity contribution in [2.75, 3.05) is 21.3 Å². The molecule has 3 unspecified atom stereocenters. The second-order valence-electron chi connectivity index (χ2n) is 7.85. The van der Waals surface area contributed by atoms with Crippen molar-refractivity contribution < 1.29 is 23.9 Å². The normalized spacial score (nSPS) is 35.7. The Balaban J connectivity index is 2.00. The quantitative estimate of drug-likeness (QED) is 0.465. The molecule has 0 radical (unpaired) electrons. The zero-order chi connectivity index (χ0) is 21.4. The number of hydrogen-bond donors (Lipinski definition) is 0. The number of esters is 1. The van der Waals surface area contributed by atoms with Gasteiger partial charge in [0.1, 0.15) is 5.75 Å². The van der Waals surface area contributed by atoms with Gasteiger partial charge in [-0.2, -0.15) is 0 Å². The second-order valence-corrected chi connectivity index (χ2v) is 11.6. The molecule has 4 saturated heterocycles. The predicted molar refractivity (Wildman–Crippen MR) is 114 cm³/mol. The van der Waals surface area contributed by atoms with Gasteiger partial charge in [0.2, 0.25) is 0 Å². The van der Waals surface area contributed by atoms with E-state index in [0.29, 0.717) is 11.3 Å². The first kappa shape index (κ1) is 20.9. The number of halogens is 1. The van der Waals surface area contributed by atoms with Gasteiger partial charge in [0.05, 0.1) is 25.7 Å². The van der Waals surface area contributed by atoms with Gasteiger partial charge in [-0.3, -0.25) is 14.4 Å². The van der Waals surface area contributed by atoms with E-state index in [1.165, 1.54) is 33.6 Å². The minimum atomic E-state index is -1.17. The Labute approximate surface area is 185 Å². The highest BCUT2D eigenvalue weighted by Crippen LogP contribution is 2.70. The monoisotopic (exact) mass is 500 g/mol. The highest BCUT2D eigenvalue weighted by atomic mass is 79.9. The summed E-state index contributed by atoms with van der Waals surface area (Å²) in [6.45, 7) is 3.51. The third-order valence-electron chi connectivity index (χ3n) is 6.23. The van der Waals surface area contributed by atoms with Gasteiger partial charge in [-0.05, 0) is 32.0 Å². The van der Waals surface area contributed by atoms with Gasteiger partial charge >= 0.3 is 5.97 Å². The molecule has 4 heterocycles. The molecule has 0 N–H and O–H groups in total. The molecule has 4 aliphatic heterocycles. The molecule has 1 aromatic carbocycles. The van der Waals surface area contributed by atoms with E-state index in [4.69, 9.17) is 9.47 Å². The van der Waals surface area contributed by atoms with E-state index in [1.807, 2.05) is 12.1 Å². The van der Waals surface area contributed by atoms with E-state index in [0.717, 1.165) is 4.47 Å². The molecule has 29 heavy (non-hydrogen) atoms. The Bertz CT molecular complexity index is 945. The Kier molecular flexibility index (Phi) is 4.71. The van der Waals surface area contributed by atoms with Crippen LogP contribution in [-0.2, 0) is 19.1 Å². The third-order valence-corrected chi connectivity index (χ3v) is 10.4. The lowest BCUT2D eigenvalue weighted by molar-refractivity contribution is -0.165. The smallest absolute Gasteiger partial charge is 0.314 e. The van der Waals surface area contributed by atoms with Gasteiger partial charge in [-0.15, -0.1) is 0 Å². The molecule has 2 bridgehead atoms. The van der Waals surface area contributed by atoms with Crippen molar-refractivity contribution in [2.45, 2.75) is 36.1 Å². The van der Waals surface area contributed by atoms with Crippen LogP contribution in [0.5, 0.6) is 5.75 Å². The average Bonchev–Trinajstić information content (AvgIpc) is 2.99. The number of piperazine rings is 1. The van der Waals surface area contributed by atoms with Crippen LogP contribution in [0.3, 0.4) is 0 Å². The molecular weight excluding hydrogens is 480 g/mol. The Morgan fingerprint density at radius 3 is 2.52 bits per heavy atom. The lowest BCUT2D eigenvalue weighted by Gasteiger charge is -2.57. The summed E-state index contributed by atoms with van der Waals surface area (Å²) in [5, 5.41) is 0. The van der Waals surface area contributed by atoms with Crippen molar-refractivity contribution >= 4 is 55.3 Å². The largest absolute Gasteiger partial charge is 0.496 e.